The average molecular weight is 393 g/mol. The third-order valence-corrected chi connectivity index (χ3v) is 4.11. The molecule has 0 saturated carbocycles. The van der Waals surface area contributed by atoms with E-state index < -0.39 is 11.6 Å². The fourth-order valence-electron chi connectivity index (χ4n) is 2.24. The number of carboxylic acids is 1. The quantitative estimate of drug-likeness (QED) is 0.510. The lowest BCUT2D eigenvalue weighted by atomic mass is 9.96. The summed E-state index contributed by atoms with van der Waals surface area (Å²) in [6.07, 6.45) is 1.20. The van der Waals surface area contributed by atoms with E-state index >= 15 is 0 Å². The normalized spacial score (nSPS) is 13.1. The molecule has 5 heteroatoms. The van der Waals surface area contributed by atoms with Crippen molar-refractivity contribution in [1.82, 2.24) is 0 Å². The van der Waals surface area contributed by atoms with E-state index in [4.69, 9.17) is 9.47 Å². The number of para-hydroxylation sites is 1. The molecule has 0 fully saturated rings. The fraction of sp³-hybridized carbons (Fsp3) is 0.316. The Hall–Kier alpha value is -2.01. The summed E-state index contributed by atoms with van der Waals surface area (Å²) in [6, 6.07) is 16.5. The van der Waals surface area contributed by atoms with Crippen LogP contribution in [0.3, 0.4) is 0 Å². The SMILES string of the molecule is CC(Cc1ccc(OCCCBr)cc1)(Oc1ccccc1)C(=O)O. The molecule has 2 rings (SSSR count). The third kappa shape index (κ3) is 5.27. The van der Waals surface area contributed by atoms with Gasteiger partial charge in [-0.25, -0.2) is 4.79 Å². The Balaban J connectivity index is 2.06. The largest absolute Gasteiger partial charge is 0.494 e. The maximum Gasteiger partial charge on any atom is 0.348 e. The second-order valence-electron chi connectivity index (χ2n) is 5.66. The number of benzene rings is 2. The molecule has 0 aliphatic carbocycles. The highest BCUT2D eigenvalue weighted by Gasteiger charge is 2.36. The highest BCUT2D eigenvalue weighted by atomic mass is 79.9. The number of carboxylic acid groups (broad SMARTS) is 1. The first kappa shape index (κ1) is 18.3. The Bertz CT molecular complexity index is 642. The van der Waals surface area contributed by atoms with Crippen LogP contribution in [0, 0.1) is 0 Å². The van der Waals surface area contributed by atoms with Crippen molar-refractivity contribution in [3.63, 3.8) is 0 Å². The molecule has 4 nitrogen and oxygen atoms in total. The predicted octanol–water partition coefficient (Wildman–Crippen LogP) is 4.32. The van der Waals surface area contributed by atoms with Gasteiger partial charge >= 0.3 is 5.97 Å². The van der Waals surface area contributed by atoms with Crippen LogP contribution in [0.5, 0.6) is 11.5 Å². The van der Waals surface area contributed by atoms with Gasteiger partial charge in [0.25, 0.3) is 0 Å². The maximum absolute atomic E-state index is 11.7. The van der Waals surface area contributed by atoms with Gasteiger partial charge < -0.3 is 14.6 Å². The van der Waals surface area contributed by atoms with Crippen molar-refractivity contribution in [2.75, 3.05) is 11.9 Å². The Morgan fingerprint density at radius 3 is 2.33 bits per heavy atom. The number of halogens is 1. The molecule has 1 N–H and O–H groups in total. The molecule has 0 spiro atoms. The lowest BCUT2D eigenvalue weighted by molar-refractivity contribution is -0.153. The van der Waals surface area contributed by atoms with Gasteiger partial charge in [-0.15, -0.1) is 0 Å². The van der Waals surface area contributed by atoms with Gasteiger partial charge in [-0.3, -0.25) is 0 Å². The summed E-state index contributed by atoms with van der Waals surface area (Å²) in [6.45, 7) is 2.23. The molecule has 0 aromatic heterocycles. The van der Waals surface area contributed by atoms with Gasteiger partial charge in [-0.1, -0.05) is 46.3 Å². The monoisotopic (exact) mass is 392 g/mol. The molecular formula is C19H21BrO4. The molecule has 0 aliphatic rings. The fourth-order valence-corrected chi connectivity index (χ4v) is 2.47. The second kappa shape index (κ2) is 8.73. The Morgan fingerprint density at radius 2 is 1.75 bits per heavy atom. The van der Waals surface area contributed by atoms with Gasteiger partial charge in [0, 0.05) is 11.8 Å². The molecule has 128 valence electrons. The molecule has 0 amide bonds. The minimum absolute atomic E-state index is 0.263. The molecule has 2 aromatic rings. The molecule has 2 aromatic carbocycles. The van der Waals surface area contributed by atoms with E-state index in [1.165, 1.54) is 0 Å². The van der Waals surface area contributed by atoms with Crippen molar-refractivity contribution in [3.8, 4) is 11.5 Å². The smallest absolute Gasteiger partial charge is 0.348 e. The van der Waals surface area contributed by atoms with E-state index in [0.717, 1.165) is 23.1 Å². The molecule has 0 heterocycles. The first-order valence-corrected chi connectivity index (χ1v) is 8.91. The number of hydrogen-bond donors (Lipinski definition) is 1. The van der Waals surface area contributed by atoms with Crippen LogP contribution in [0.4, 0.5) is 0 Å². The van der Waals surface area contributed by atoms with Crippen molar-refractivity contribution in [3.05, 3.63) is 60.2 Å². The second-order valence-corrected chi connectivity index (χ2v) is 6.46. The van der Waals surface area contributed by atoms with Crippen molar-refractivity contribution in [2.24, 2.45) is 0 Å². The predicted molar refractivity (Wildman–Crippen MR) is 97.2 cm³/mol. The van der Waals surface area contributed by atoms with Crippen LogP contribution >= 0.6 is 15.9 Å². The minimum atomic E-state index is -1.33. The number of carbonyl (C=O) groups is 1. The lowest BCUT2D eigenvalue weighted by Gasteiger charge is -2.26. The highest BCUT2D eigenvalue weighted by Crippen LogP contribution is 2.24. The molecule has 0 radical (unpaired) electrons. The summed E-state index contributed by atoms with van der Waals surface area (Å²) in [5.74, 6) is 0.321. The first-order valence-electron chi connectivity index (χ1n) is 7.79. The van der Waals surface area contributed by atoms with E-state index in [0.29, 0.717) is 12.4 Å². The summed E-state index contributed by atoms with van der Waals surface area (Å²) in [7, 11) is 0. The van der Waals surface area contributed by atoms with Crippen molar-refractivity contribution >= 4 is 21.9 Å². The van der Waals surface area contributed by atoms with Gasteiger partial charge in [-0.05, 0) is 43.2 Å². The Morgan fingerprint density at radius 1 is 1.08 bits per heavy atom. The summed E-state index contributed by atoms with van der Waals surface area (Å²) < 4.78 is 11.3. The minimum Gasteiger partial charge on any atom is -0.494 e. The highest BCUT2D eigenvalue weighted by molar-refractivity contribution is 9.09. The van der Waals surface area contributed by atoms with E-state index in [9.17, 15) is 9.90 Å². The standard InChI is InChI=1S/C19H21BrO4/c1-19(18(21)22,24-17-6-3-2-4-7-17)14-15-8-10-16(11-9-15)23-13-5-12-20/h2-4,6-11H,5,12-14H2,1H3,(H,21,22). The zero-order chi connectivity index (χ0) is 17.4. The number of aliphatic carboxylic acids is 1. The summed E-state index contributed by atoms with van der Waals surface area (Å²) in [4.78, 5) is 11.7. The number of hydrogen-bond acceptors (Lipinski definition) is 3. The zero-order valence-electron chi connectivity index (χ0n) is 13.6. The van der Waals surface area contributed by atoms with Crippen molar-refractivity contribution < 1.29 is 19.4 Å². The number of ether oxygens (including phenoxy) is 2. The molecule has 1 atom stereocenters. The molecule has 24 heavy (non-hydrogen) atoms. The number of rotatable bonds is 9. The summed E-state index contributed by atoms with van der Waals surface area (Å²) in [5, 5.41) is 10.5. The van der Waals surface area contributed by atoms with Crippen molar-refractivity contribution in [2.45, 2.75) is 25.4 Å². The van der Waals surface area contributed by atoms with Gasteiger partial charge in [0.2, 0.25) is 5.60 Å². The maximum atomic E-state index is 11.7. The Kier molecular flexibility index (Phi) is 6.67. The van der Waals surface area contributed by atoms with Crippen LogP contribution in [-0.2, 0) is 11.2 Å². The summed E-state index contributed by atoms with van der Waals surface area (Å²) >= 11 is 3.36. The number of alkyl halides is 1. The van der Waals surface area contributed by atoms with Crippen LogP contribution in [0.15, 0.2) is 54.6 Å². The van der Waals surface area contributed by atoms with E-state index in [1.807, 2.05) is 42.5 Å². The molecular weight excluding hydrogens is 372 g/mol. The third-order valence-electron chi connectivity index (χ3n) is 3.55. The van der Waals surface area contributed by atoms with E-state index in [1.54, 1.807) is 19.1 Å². The van der Waals surface area contributed by atoms with Gasteiger partial charge in [0.1, 0.15) is 11.5 Å². The van der Waals surface area contributed by atoms with Gasteiger partial charge in [-0.2, -0.15) is 0 Å². The molecule has 0 bridgehead atoms. The van der Waals surface area contributed by atoms with Gasteiger partial charge in [0.05, 0.1) is 6.61 Å². The van der Waals surface area contributed by atoms with Crippen LogP contribution in [-0.4, -0.2) is 28.6 Å². The lowest BCUT2D eigenvalue weighted by Crippen LogP contribution is -2.43. The van der Waals surface area contributed by atoms with E-state index in [-0.39, 0.29) is 6.42 Å². The molecule has 0 saturated heterocycles. The van der Waals surface area contributed by atoms with Crippen LogP contribution in [0.25, 0.3) is 0 Å². The van der Waals surface area contributed by atoms with Crippen molar-refractivity contribution in [1.29, 1.82) is 0 Å². The first-order chi connectivity index (χ1) is 11.5. The zero-order valence-corrected chi connectivity index (χ0v) is 15.2. The van der Waals surface area contributed by atoms with Crippen LogP contribution < -0.4 is 9.47 Å². The molecule has 1 unspecified atom stereocenters. The Labute approximate surface area is 150 Å². The molecule has 0 aliphatic heterocycles. The van der Waals surface area contributed by atoms with Gasteiger partial charge in [0.15, 0.2) is 0 Å². The van der Waals surface area contributed by atoms with Crippen LogP contribution in [0.2, 0.25) is 0 Å². The topological polar surface area (TPSA) is 55.8 Å². The van der Waals surface area contributed by atoms with Crippen LogP contribution in [0.1, 0.15) is 18.9 Å². The average Bonchev–Trinajstić information content (AvgIpc) is 2.57. The van der Waals surface area contributed by atoms with E-state index in [2.05, 4.69) is 15.9 Å². The summed E-state index contributed by atoms with van der Waals surface area (Å²) in [5.41, 5.74) is -0.455.